The molecule has 0 saturated carbocycles. The maximum absolute atomic E-state index is 10.8. The third kappa shape index (κ3) is 6.38. The molecular formula is C8H16N2O4. The summed E-state index contributed by atoms with van der Waals surface area (Å²) in [6.07, 6.45) is 0.222. The normalized spacial score (nSPS) is 12.1. The number of carboxylic acid groups (broad SMARTS) is 1. The number of hydrogen-bond acceptors (Lipinski definition) is 5. The smallest absolute Gasteiger partial charge is 0.321 e. The zero-order chi connectivity index (χ0) is 11.0. The van der Waals surface area contributed by atoms with Gasteiger partial charge in [0.25, 0.3) is 0 Å². The lowest BCUT2D eigenvalue weighted by atomic mass is 10.3. The van der Waals surface area contributed by atoms with Crippen LogP contribution in [0.25, 0.3) is 0 Å². The summed E-state index contributed by atoms with van der Waals surface area (Å²) in [5.74, 6) is -1.36. The molecular weight excluding hydrogens is 188 g/mol. The number of carbonyl (C=O) groups is 2. The van der Waals surface area contributed by atoms with Gasteiger partial charge >= 0.3 is 11.9 Å². The van der Waals surface area contributed by atoms with Gasteiger partial charge in [0.1, 0.15) is 6.04 Å². The second-order valence-electron chi connectivity index (χ2n) is 2.70. The minimum atomic E-state index is -1.06. The number of ether oxygens (including phenoxy) is 1. The van der Waals surface area contributed by atoms with Gasteiger partial charge in [0.15, 0.2) is 0 Å². The summed E-state index contributed by atoms with van der Waals surface area (Å²) in [7, 11) is 0. The van der Waals surface area contributed by atoms with Crippen molar-refractivity contribution >= 4 is 11.9 Å². The van der Waals surface area contributed by atoms with Crippen molar-refractivity contribution < 1.29 is 19.4 Å². The molecule has 0 aliphatic carbocycles. The predicted octanol–water partition coefficient (Wildman–Crippen LogP) is -1.06. The molecule has 14 heavy (non-hydrogen) atoms. The highest BCUT2D eigenvalue weighted by molar-refractivity contribution is 5.73. The number of rotatable bonds is 7. The van der Waals surface area contributed by atoms with Gasteiger partial charge in [0.2, 0.25) is 0 Å². The van der Waals surface area contributed by atoms with Crippen LogP contribution in [0.1, 0.15) is 13.3 Å². The van der Waals surface area contributed by atoms with Gasteiger partial charge in [-0.15, -0.1) is 0 Å². The van der Waals surface area contributed by atoms with E-state index in [1.807, 2.05) is 0 Å². The molecule has 82 valence electrons. The number of carbonyl (C=O) groups excluding carboxylic acids is 1. The first-order chi connectivity index (χ1) is 6.57. The first kappa shape index (κ1) is 12.9. The lowest BCUT2D eigenvalue weighted by molar-refractivity contribution is -0.143. The van der Waals surface area contributed by atoms with Crippen LogP contribution in [0.15, 0.2) is 0 Å². The van der Waals surface area contributed by atoms with E-state index in [0.717, 1.165) is 0 Å². The van der Waals surface area contributed by atoms with E-state index < -0.39 is 12.0 Å². The van der Waals surface area contributed by atoms with E-state index >= 15 is 0 Å². The van der Waals surface area contributed by atoms with Crippen molar-refractivity contribution in [2.45, 2.75) is 19.4 Å². The Morgan fingerprint density at radius 2 is 2.21 bits per heavy atom. The van der Waals surface area contributed by atoms with E-state index in [4.69, 9.17) is 10.8 Å². The van der Waals surface area contributed by atoms with Crippen molar-refractivity contribution in [3.05, 3.63) is 0 Å². The molecule has 0 aromatic heterocycles. The van der Waals surface area contributed by atoms with Crippen LogP contribution in [-0.2, 0) is 14.3 Å². The van der Waals surface area contributed by atoms with Crippen molar-refractivity contribution in [3.8, 4) is 0 Å². The van der Waals surface area contributed by atoms with Gasteiger partial charge in [-0.05, 0) is 6.92 Å². The van der Waals surface area contributed by atoms with Crippen LogP contribution in [0.5, 0.6) is 0 Å². The predicted molar refractivity (Wildman–Crippen MR) is 49.7 cm³/mol. The second-order valence-corrected chi connectivity index (χ2v) is 2.70. The Labute approximate surface area is 82.4 Å². The molecule has 1 atom stereocenters. The molecule has 0 fully saturated rings. The second kappa shape index (κ2) is 7.28. The van der Waals surface area contributed by atoms with Crippen molar-refractivity contribution in [3.63, 3.8) is 0 Å². The van der Waals surface area contributed by atoms with Crippen molar-refractivity contribution in [1.82, 2.24) is 5.32 Å². The summed E-state index contributed by atoms with van der Waals surface area (Å²) < 4.78 is 4.67. The van der Waals surface area contributed by atoms with Gasteiger partial charge in [0.05, 0.1) is 13.0 Å². The van der Waals surface area contributed by atoms with Gasteiger partial charge in [-0.1, -0.05) is 0 Å². The average molecular weight is 204 g/mol. The molecule has 0 aliphatic heterocycles. The maximum atomic E-state index is 10.8. The van der Waals surface area contributed by atoms with E-state index in [9.17, 15) is 9.59 Å². The largest absolute Gasteiger partial charge is 0.480 e. The number of nitrogens with two attached hydrogens (primary N) is 1. The SMILES string of the molecule is CCOC(=O)CCNCC(N)C(=O)O. The van der Waals surface area contributed by atoms with Gasteiger partial charge < -0.3 is 20.9 Å². The third-order valence-corrected chi connectivity index (χ3v) is 1.49. The molecule has 0 radical (unpaired) electrons. The summed E-state index contributed by atoms with van der Waals surface area (Å²) in [4.78, 5) is 21.1. The fourth-order valence-electron chi connectivity index (χ4n) is 0.768. The topological polar surface area (TPSA) is 102 Å². The minimum absolute atomic E-state index is 0.148. The fraction of sp³-hybridized carbons (Fsp3) is 0.750. The van der Waals surface area contributed by atoms with Crippen LogP contribution >= 0.6 is 0 Å². The molecule has 0 aliphatic rings. The lowest BCUT2D eigenvalue weighted by Gasteiger charge is -2.07. The number of hydrogen-bond donors (Lipinski definition) is 3. The molecule has 0 aromatic rings. The zero-order valence-electron chi connectivity index (χ0n) is 8.16. The van der Waals surface area contributed by atoms with Crippen LogP contribution in [0.2, 0.25) is 0 Å². The Balaban J connectivity index is 3.37. The van der Waals surface area contributed by atoms with Gasteiger partial charge in [-0.25, -0.2) is 0 Å². The Kier molecular flexibility index (Phi) is 6.69. The van der Waals surface area contributed by atoms with E-state index in [1.165, 1.54) is 0 Å². The maximum Gasteiger partial charge on any atom is 0.321 e. The van der Waals surface area contributed by atoms with E-state index in [0.29, 0.717) is 13.2 Å². The van der Waals surface area contributed by atoms with E-state index in [-0.39, 0.29) is 18.9 Å². The fourth-order valence-corrected chi connectivity index (χ4v) is 0.768. The van der Waals surface area contributed by atoms with Crippen LogP contribution in [0.3, 0.4) is 0 Å². The minimum Gasteiger partial charge on any atom is -0.480 e. The number of esters is 1. The number of aliphatic carboxylic acids is 1. The molecule has 4 N–H and O–H groups in total. The highest BCUT2D eigenvalue weighted by Gasteiger charge is 2.10. The summed E-state index contributed by atoms with van der Waals surface area (Å²) in [5.41, 5.74) is 5.21. The Bertz CT molecular complexity index is 196. The van der Waals surface area contributed by atoms with E-state index in [2.05, 4.69) is 10.1 Å². The Morgan fingerprint density at radius 3 is 2.71 bits per heavy atom. The highest BCUT2D eigenvalue weighted by atomic mass is 16.5. The van der Waals surface area contributed by atoms with Crippen LogP contribution in [-0.4, -0.2) is 42.8 Å². The molecule has 0 bridgehead atoms. The monoisotopic (exact) mass is 204 g/mol. The molecule has 0 aromatic carbocycles. The van der Waals surface area contributed by atoms with E-state index in [1.54, 1.807) is 6.92 Å². The average Bonchev–Trinajstić information content (AvgIpc) is 2.12. The molecule has 0 rings (SSSR count). The lowest BCUT2D eigenvalue weighted by Crippen LogP contribution is -2.40. The first-order valence-electron chi connectivity index (χ1n) is 4.42. The first-order valence-corrected chi connectivity index (χ1v) is 4.42. The summed E-state index contributed by atoms with van der Waals surface area (Å²) in [6.45, 7) is 2.60. The summed E-state index contributed by atoms with van der Waals surface area (Å²) in [5, 5.41) is 11.2. The molecule has 6 heteroatoms. The third-order valence-electron chi connectivity index (χ3n) is 1.49. The molecule has 0 heterocycles. The number of carboxylic acids is 1. The Morgan fingerprint density at radius 1 is 1.57 bits per heavy atom. The van der Waals surface area contributed by atoms with Crippen LogP contribution < -0.4 is 11.1 Å². The van der Waals surface area contributed by atoms with Crippen LogP contribution in [0, 0.1) is 0 Å². The van der Waals surface area contributed by atoms with Crippen molar-refractivity contribution in [1.29, 1.82) is 0 Å². The van der Waals surface area contributed by atoms with Gasteiger partial charge in [-0.3, -0.25) is 9.59 Å². The molecule has 6 nitrogen and oxygen atoms in total. The standard InChI is InChI=1S/C8H16N2O4/c1-2-14-7(11)3-4-10-5-6(9)8(12)13/h6,10H,2-5,9H2,1H3,(H,12,13). The number of nitrogens with one attached hydrogen (secondary N) is 1. The highest BCUT2D eigenvalue weighted by Crippen LogP contribution is 1.84. The van der Waals surface area contributed by atoms with Crippen molar-refractivity contribution in [2.75, 3.05) is 19.7 Å². The van der Waals surface area contributed by atoms with Crippen LogP contribution in [0.4, 0.5) is 0 Å². The van der Waals surface area contributed by atoms with Crippen molar-refractivity contribution in [2.24, 2.45) is 5.73 Å². The molecule has 0 amide bonds. The zero-order valence-corrected chi connectivity index (χ0v) is 8.16. The summed E-state index contributed by atoms with van der Waals surface area (Å²) >= 11 is 0. The molecule has 1 unspecified atom stereocenters. The quantitative estimate of drug-likeness (QED) is 0.361. The Hall–Kier alpha value is -1.14. The van der Waals surface area contributed by atoms with Gasteiger partial charge in [-0.2, -0.15) is 0 Å². The summed E-state index contributed by atoms with van der Waals surface area (Å²) in [6, 6.07) is -0.933. The molecule has 0 saturated heterocycles. The molecule has 0 spiro atoms. The van der Waals surface area contributed by atoms with Gasteiger partial charge in [0, 0.05) is 13.1 Å².